The highest BCUT2D eigenvalue weighted by Gasteiger charge is 2.22. The van der Waals surface area contributed by atoms with Crippen LogP contribution in [0.2, 0.25) is 5.02 Å². The van der Waals surface area contributed by atoms with Crippen LogP contribution in [0.15, 0.2) is 72.8 Å². The first-order chi connectivity index (χ1) is 17.0. The second-order valence-electron chi connectivity index (χ2n) is 8.18. The van der Waals surface area contributed by atoms with E-state index in [0.717, 1.165) is 17.5 Å². The summed E-state index contributed by atoms with van der Waals surface area (Å²) in [6, 6.07) is 22.2. The number of Topliss-reactive ketones (excluding diaryl/α,β-unsaturated/α-hetero) is 1. The van der Waals surface area contributed by atoms with Crippen LogP contribution < -0.4 is 14.8 Å². The second-order valence-corrected chi connectivity index (χ2v) is 8.62. The number of carbonyl (C=O) groups excluding carboxylic acids is 1. The lowest BCUT2D eigenvalue weighted by Gasteiger charge is -2.20. The van der Waals surface area contributed by atoms with Gasteiger partial charge in [0.25, 0.3) is 0 Å². The summed E-state index contributed by atoms with van der Waals surface area (Å²) in [5.41, 5.74) is 2.56. The summed E-state index contributed by atoms with van der Waals surface area (Å²) in [6.45, 7) is 1.05. The summed E-state index contributed by atoms with van der Waals surface area (Å²) in [7, 11) is 3.22. The molecule has 3 aromatic carbocycles. The summed E-state index contributed by atoms with van der Waals surface area (Å²) in [6.07, 6.45) is -0.353. The number of methoxy groups -OCH3 is 2. The Kier molecular flexibility index (Phi) is 12.7. The van der Waals surface area contributed by atoms with E-state index in [9.17, 15) is 9.90 Å². The molecule has 2 N–H and O–H groups in total. The molecule has 0 aliphatic rings. The lowest BCUT2D eigenvalue weighted by atomic mass is 10.00. The van der Waals surface area contributed by atoms with Gasteiger partial charge in [0.1, 0.15) is 6.10 Å². The van der Waals surface area contributed by atoms with Crippen molar-refractivity contribution in [3.8, 4) is 11.5 Å². The molecule has 8 heteroatoms. The third-order valence-electron chi connectivity index (χ3n) is 5.57. The molecule has 0 radical (unpaired) electrons. The topological polar surface area (TPSA) is 77.0 Å². The minimum absolute atomic E-state index is 0. The fraction of sp³-hybridized carbons (Fsp3) is 0.321. The number of aliphatic hydroxyl groups excluding tert-OH is 1. The SMILES string of the molecule is COc1ccc(CCNCC(O)COC(Cc2cccc(Cl)c2)C(=O)c2ccccc2)cc1OC.Cl. The van der Waals surface area contributed by atoms with Crippen molar-refractivity contribution < 1.29 is 24.1 Å². The number of halogens is 2. The minimum atomic E-state index is -0.758. The van der Waals surface area contributed by atoms with Gasteiger partial charge in [-0.05, 0) is 48.4 Å². The fourth-order valence-electron chi connectivity index (χ4n) is 3.72. The fourth-order valence-corrected chi connectivity index (χ4v) is 3.93. The van der Waals surface area contributed by atoms with Crippen LogP contribution in [0.1, 0.15) is 21.5 Å². The number of aliphatic hydroxyl groups is 1. The van der Waals surface area contributed by atoms with Crippen molar-refractivity contribution in [1.82, 2.24) is 5.32 Å². The Balaban J connectivity index is 0.00000456. The molecule has 0 saturated heterocycles. The molecule has 0 aromatic heterocycles. The molecular formula is C28H33Cl2NO5. The Bertz CT molecular complexity index is 1080. The van der Waals surface area contributed by atoms with Crippen molar-refractivity contribution in [3.05, 3.63) is 94.5 Å². The zero-order valence-corrected chi connectivity index (χ0v) is 22.1. The van der Waals surface area contributed by atoms with Crippen LogP contribution in [-0.2, 0) is 17.6 Å². The van der Waals surface area contributed by atoms with Gasteiger partial charge in [-0.3, -0.25) is 4.79 Å². The molecule has 6 nitrogen and oxygen atoms in total. The highest BCUT2D eigenvalue weighted by Crippen LogP contribution is 2.27. The summed E-state index contributed by atoms with van der Waals surface area (Å²) in [5.74, 6) is 1.25. The molecule has 0 spiro atoms. The normalized spacial score (nSPS) is 12.3. The van der Waals surface area contributed by atoms with E-state index in [2.05, 4.69) is 5.32 Å². The van der Waals surface area contributed by atoms with Crippen molar-refractivity contribution in [1.29, 1.82) is 0 Å². The Morgan fingerprint density at radius 1 is 0.944 bits per heavy atom. The maximum atomic E-state index is 13.1. The maximum absolute atomic E-state index is 13.1. The van der Waals surface area contributed by atoms with Crippen LogP contribution in [0.25, 0.3) is 0 Å². The van der Waals surface area contributed by atoms with Crippen LogP contribution in [-0.4, -0.2) is 57.0 Å². The van der Waals surface area contributed by atoms with Gasteiger partial charge in [-0.2, -0.15) is 0 Å². The number of ketones is 1. The molecular weight excluding hydrogens is 501 g/mol. The number of hydrogen-bond acceptors (Lipinski definition) is 6. The van der Waals surface area contributed by atoms with E-state index in [4.69, 9.17) is 25.8 Å². The molecule has 0 aliphatic carbocycles. The molecule has 0 fully saturated rings. The predicted molar refractivity (Wildman–Crippen MR) is 145 cm³/mol. The van der Waals surface area contributed by atoms with Gasteiger partial charge in [-0.15, -0.1) is 12.4 Å². The first kappa shape index (κ1) is 29.6. The number of carbonyl (C=O) groups is 1. The Morgan fingerprint density at radius 2 is 1.69 bits per heavy atom. The number of rotatable bonds is 14. The number of benzene rings is 3. The zero-order chi connectivity index (χ0) is 25.0. The average Bonchev–Trinajstić information content (AvgIpc) is 2.89. The van der Waals surface area contributed by atoms with Gasteiger partial charge in [0.15, 0.2) is 17.3 Å². The van der Waals surface area contributed by atoms with E-state index in [0.29, 0.717) is 41.6 Å². The first-order valence-electron chi connectivity index (χ1n) is 11.5. The van der Waals surface area contributed by atoms with Crippen LogP contribution in [0.5, 0.6) is 11.5 Å². The van der Waals surface area contributed by atoms with Gasteiger partial charge in [-0.25, -0.2) is 0 Å². The molecule has 2 atom stereocenters. The smallest absolute Gasteiger partial charge is 0.191 e. The van der Waals surface area contributed by atoms with E-state index in [1.165, 1.54) is 0 Å². The Labute approximate surface area is 223 Å². The molecule has 0 saturated carbocycles. The number of hydrogen-bond donors (Lipinski definition) is 2. The first-order valence-corrected chi connectivity index (χ1v) is 11.9. The van der Waals surface area contributed by atoms with E-state index in [1.807, 2.05) is 54.6 Å². The monoisotopic (exact) mass is 533 g/mol. The summed E-state index contributed by atoms with van der Waals surface area (Å²) < 4.78 is 16.5. The van der Waals surface area contributed by atoms with Crippen molar-refractivity contribution in [2.45, 2.75) is 25.0 Å². The highest BCUT2D eigenvalue weighted by molar-refractivity contribution is 6.30. The minimum Gasteiger partial charge on any atom is -0.493 e. The third kappa shape index (κ3) is 9.12. The summed E-state index contributed by atoms with van der Waals surface area (Å²) in [5, 5.41) is 14.3. The van der Waals surface area contributed by atoms with Crippen molar-refractivity contribution in [2.24, 2.45) is 0 Å². The second kappa shape index (κ2) is 15.5. The number of ether oxygens (including phenoxy) is 3. The Hall–Kier alpha value is -2.61. The van der Waals surface area contributed by atoms with Gasteiger partial charge in [0, 0.05) is 23.6 Å². The van der Waals surface area contributed by atoms with Crippen LogP contribution in [0.3, 0.4) is 0 Å². The van der Waals surface area contributed by atoms with Gasteiger partial charge >= 0.3 is 0 Å². The van der Waals surface area contributed by atoms with E-state index in [1.54, 1.807) is 32.4 Å². The van der Waals surface area contributed by atoms with Crippen LogP contribution in [0.4, 0.5) is 0 Å². The van der Waals surface area contributed by atoms with Crippen molar-refractivity contribution in [3.63, 3.8) is 0 Å². The van der Waals surface area contributed by atoms with Crippen LogP contribution in [0, 0.1) is 0 Å². The van der Waals surface area contributed by atoms with E-state index < -0.39 is 12.2 Å². The van der Waals surface area contributed by atoms with Crippen LogP contribution >= 0.6 is 24.0 Å². The molecule has 0 heterocycles. The van der Waals surface area contributed by atoms with Gasteiger partial charge in [0.2, 0.25) is 0 Å². The van der Waals surface area contributed by atoms with Gasteiger partial charge in [0.05, 0.1) is 26.9 Å². The highest BCUT2D eigenvalue weighted by atomic mass is 35.5. The van der Waals surface area contributed by atoms with Gasteiger partial charge < -0.3 is 24.6 Å². The lowest BCUT2D eigenvalue weighted by molar-refractivity contribution is -0.00161. The van der Waals surface area contributed by atoms with Crippen molar-refractivity contribution >= 4 is 29.8 Å². The third-order valence-corrected chi connectivity index (χ3v) is 5.80. The predicted octanol–water partition coefficient (Wildman–Crippen LogP) is 4.78. The quantitative estimate of drug-likeness (QED) is 0.229. The largest absolute Gasteiger partial charge is 0.493 e. The molecule has 0 bridgehead atoms. The maximum Gasteiger partial charge on any atom is 0.191 e. The summed E-state index contributed by atoms with van der Waals surface area (Å²) >= 11 is 6.11. The molecule has 0 amide bonds. The van der Waals surface area contributed by atoms with Gasteiger partial charge in [-0.1, -0.05) is 60.1 Å². The lowest BCUT2D eigenvalue weighted by Crippen LogP contribution is -2.35. The molecule has 2 unspecified atom stereocenters. The molecule has 194 valence electrons. The Morgan fingerprint density at radius 3 is 2.39 bits per heavy atom. The number of nitrogens with one attached hydrogen (secondary N) is 1. The molecule has 3 rings (SSSR count). The van der Waals surface area contributed by atoms with E-state index >= 15 is 0 Å². The summed E-state index contributed by atoms with van der Waals surface area (Å²) in [4.78, 5) is 13.1. The standard InChI is InChI=1S/C28H32ClNO5.ClH/c1-33-25-12-11-20(16-26(25)34-2)13-14-30-18-24(31)19-35-27(17-21-7-6-10-23(29)15-21)28(32)22-8-4-3-5-9-22;/h3-12,15-16,24,27,30-31H,13-14,17-19H2,1-2H3;1H. The van der Waals surface area contributed by atoms with Crippen molar-refractivity contribution in [2.75, 3.05) is 33.9 Å². The van der Waals surface area contributed by atoms with E-state index in [-0.39, 0.29) is 24.8 Å². The molecule has 3 aromatic rings. The zero-order valence-electron chi connectivity index (χ0n) is 20.5. The average molecular weight is 534 g/mol. The molecule has 36 heavy (non-hydrogen) atoms. The molecule has 0 aliphatic heterocycles.